The predicted octanol–water partition coefficient (Wildman–Crippen LogP) is 3.23. The van der Waals surface area contributed by atoms with Crippen LogP contribution in [0.3, 0.4) is 0 Å². The van der Waals surface area contributed by atoms with E-state index in [0.717, 1.165) is 17.9 Å². The molecule has 2 rings (SSSR count). The van der Waals surface area contributed by atoms with Crippen LogP contribution in [0, 0.1) is 5.92 Å². The second-order valence-corrected chi connectivity index (χ2v) is 5.26. The van der Waals surface area contributed by atoms with Gasteiger partial charge in [0, 0.05) is 18.8 Å². The largest absolute Gasteiger partial charge is 0.494 e. The first-order chi connectivity index (χ1) is 9.15. The van der Waals surface area contributed by atoms with Crippen molar-refractivity contribution in [3.63, 3.8) is 0 Å². The second kappa shape index (κ2) is 6.29. The Kier molecular flexibility index (Phi) is 4.70. The smallest absolute Gasteiger partial charge is 0.223 e. The van der Waals surface area contributed by atoms with Crippen molar-refractivity contribution in [1.29, 1.82) is 0 Å². The van der Waals surface area contributed by atoms with Gasteiger partial charge in [-0.15, -0.1) is 11.6 Å². The minimum atomic E-state index is 0.0705. The summed E-state index contributed by atoms with van der Waals surface area (Å²) in [5, 5.41) is 0. The van der Waals surface area contributed by atoms with Gasteiger partial charge in [0.2, 0.25) is 5.91 Å². The molecule has 1 aromatic carbocycles. The van der Waals surface area contributed by atoms with Crippen molar-refractivity contribution in [2.24, 2.45) is 5.92 Å². The average molecular weight is 282 g/mol. The van der Waals surface area contributed by atoms with Crippen LogP contribution in [0.2, 0.25) is 0 Å². The number of likely N-dealkylation sites (tertiary alicyclic amines) is 1. The summed E-state index contributed by atoms with van der Waals surface area (Å²) in [5.41, 5.74) is 1.11. The Morgan fingerprint density at radius 2 is 2.32 bits per heavy atom. The van der Waals surface area contributed by atoms with Crippen LogP contribution in [0.25, 0.3) is 0 Å². The lowest BCUT2D eigenvalue weighted by Gasteiger charge is -2.25. The highest BCUT2D eigenvalue weighted by Gasteiger charge is 2.32. The van der Waals surface area contributed by atoms with Crippen molar-refractivity contribution in [3.8, 4) is 5.75 Å². The topological polar surface area (TPSA) is 29.5 Å². The molecule has 104 valence electrons. The quantitative estimate of drug-likeness (QED) is 0.776. The molecule has 1 aliphatic rings. The lowest BCUT2D eigenvalue weighted by atomic mass is 10.1. The summed E-state index contributed by atoms with van der Waals surface area (Å²) in [4.78, 5) is 13.9. The Morgan fingerprint density at radius 3 is 2.95 bits per heavy atom. The fraction of sp³-hybridized carbons (Fsp3) is 0.533. The maximum absolute atomic E-state index is 12.0. The summed E-state index contributed by atoms with van der Waals surface area (Å²) < 4.78 is 5.50. The minimum absolute atomic E-state index is 0.0705. The molecule has 1 aromatic rings. The highest BCUT2D eigenvalue weighted by atomic mass is 35.5. The number of benzene rings is 1. The summed E-state index contributed by atoms with van der Waals surface area (Å²) in [7, 11) is 0. The molecule has 1 heterocycles. The minimum Gasteiger partial charge on any atom is -0.494 e. The standard InChI is InChI=1S/C15H20ClNO2/c1-3-19-14-6-4-5-13(8-14)11(2)17-10-12(9-16)7-15(17)18/h4-6,8,11-12H,3,7,9-10H2,1-2H3. The van der Waals surface area contributed by atoms with Gasteiger partial charge in [0.05, 0.1) is 12.6 Å². The Balaban J connectivity index is 2.13. The van der Waals surface area contributed by atoms with E-state index in [2.05, 4.69) is 6.92 Å². The Morgan fingerprint density at radius 1 is 1.53 bits per heavy atom. The lowest BCUT2D eigenvalue weighted by molar-refractivity contribution is -0.129. The van der Waals surface area contributed by atoms with E-state index in [4.69, 9.17) is 16.3 Å². The summed E-state index contributed by atoms with van der Waals surface area (Å²) in [6.45, 7) is 5.42. The molecule has 4 heteroatoms. The zero-order valence-electron chi connectivity index (χ0n) is 11.4. The van der Waals surface area contributed by atoms with Crippen LogP contribution in [0.15, 0.2) is 24.3 Å². The Bertz CT molecular complexity index is 450. The van der Waals surface area contributed by atoms with Crippen molar-refractivity contribution >= 4 is 17.5 Å². The molecule has 0 radical (unpaired) electrons. The predicted molar refractivity (Wildman–Crippen MR) is 76.6 cm³/mol. The van der Waals surface area contributed by atoms with Gasteiger partial charge in [-0.25, -0.2) is 0 Å². The van der Waals surface area contributed by atoms with Crippen molar-refractivity contribution in [3.05, 3.63) is 29.8 Å². The zero-order valence-corrected chi connectivity index (χ0v) is 12.2. The molecule has 2 unspecified atom stereocenters. The summed E-state index contributed by atoms with van der Waals surface area (Å²) >= 11 is 5.86. The molecule has 0 aromatic heterocycles. The Labute approximate surface area is 119 Å². The van der Waals surface area contributed by atoms with Gasteiger partial charge in [0.1, 0.15) is 5.75 Å². The molecule has 0 aliphatic carbocycles. The molecule has 0 bridgehead atoms. The van der Waals surface area contributed by atoms with Gasteiger partial charge < -0.3 is 9.64 Å². The number of carbonyl (C=O) groups is 1. The van der Waals surface area contributed by atoms with E-state index < -0.39 is 0 Å². The molecular weight excluding hydrogens is 262 g/mol. The van der Waals surface area contributed by atoms with Crippen LogP contribution < -0.4 is 4.74 Å². The first kappa shape index (κ1) is 14.2. The molecule has 3 nitrogen and oxygen atoms in total. The van der Waals surface area contributed by atoms with E-state index in [1.807, 2.05) is 36.1 Å². The van der Waals surface area contributed by atoms with Gasteiger partial charge in [-0.1, -0.05) is 12.1 Å². The molecule has 2 atom stereocenters. The monoisotopic (exact) mass is 281 g/mol. The lowest BCUT2D eigenvalue weighted by Crippen LogP contribution is -2.28. The molecule has 0 spiro atoms. The number of hydrogen-bond acceptors (Lipinski definition) is 2. The van der Waals surface area contributed by atoms with E-state index in [-0.39, 0.29) is 17.9 Å². The van der Waals surface area contributed by atoms with Crippen LogP contribution in [-0.2, 0) is 4.79 Å². The third-order valence-corrected chi connectivity index (χ3v) is 4.01. The number of hydrogen-bond donors (Lipinski definition) is 0. The fourth-order valence-corrected chi connectivity index (χ4v) is 2.70. The molecule has 0 N–H and O–H groups in total. The van der Waals surface area contributed by atoms with E-state index in [1.54, 1.807) is 0 Å². The van der Waals surface area contributed by atoms with Crippen LogP contribution in [0.5, 0.6) is 5.75 Å². The summed E-state index contributed by atoms with van der Waals surface area (Å²) in [6, 6.07) is 8.02. The normalized spacial score (nSPS) is 20.7. The molecular formula is C15H20ClNO2. The molecule has 1 amide bonds. The third kappa shape index (κ3) is 3.21. The van der Waals surface area contributed by atoms with Crippen LogP contribution in [0.1, 0.15) is 31.9 Å². The number of amides is 1. The van der Waals surface area contributed by atoms with Gasteiger partial charge in [-0.2, -0.15) is 0 Å². The van der Waals surface area contributed by atoms with Crippen molar-refractivity contribution in [2.75, 3.05) is 19.0 Å². The second-order valence-electron chi connectivity index (χ2n) is 4.95. The van der Waals surface area contributed by atoms with E-state index in [9.17, 15) is 4.79 Å². The zero-order chi connectivity index (χ0) is 13.8. The number of alkyl halides is 1. The van der Waals surface area contributed by atoms with Gasteiger partial charge in [0.25, 0.3) is 0 Å². The van der Waals surface area contributed by atoms with Crippen LogP contribution >= 0.6 is 11.6 Å². The molecule has 1 fully saturated rings. The van der Waals surface area contributed by atoms with Crippen molar-refractivity contribution in [2.45, 2.75) is 26.3 Å². The number of rotatable bonds is 5. The fourth-order valence-electron chi connectivity index (χ4n) is 2.50. The van der Waals surface area contributed by atoms with Gasteiger partial charge in [0.15, 0.2) is 0 Å². The Hall–Kier alpha value is -1.22. The van der Waals surface area contributed by atoms with Crippen molar-refractivity contribution in [1.82, 2.24) is 4.90 Å². The van der Waals surface area contributed by atoms with Gasteiger partial charge >= 0.3 is 0 Å². The third-order valence-electron chi connectivity index (χ3n) is 3.58. The average Bonchev–Trinajstić information content (AvgIpc) is 2.80. The number of ether oxygens (including phenoxy) is 1. The maximum Gasteiger partial charge on any atom is 0.223 e. The number of halogens is 1. The van der Waals surface area contributed by atoms with Gasteiger partial charge in [-0.05, 0) is 37.5 Å². The molecule has 19 heavy (non-hydrogen) atoms. The molecule has 1 saturated heterocycles. The summed E-state index contributed by atoms with van der Waals surface area (Å²) in [5.74, 6) is 1.88. The highest BCUT2D eigenvalue weighted by molar-refractivity contribution is 6.18. The van der Waals surface area contributed by atoms with Crippen LogP contribution in [-0.4, -0.2) is 29.8 Å². The van der Waals surface area contributed by atoms with Crippen molar-refractivity contribution < 1.29 is 9.53 Å². The van der Waals surface area contributed by atoms with Crippen LogP contribution in [0.4, 0.5) is 0 Å². The van der Waals surface area contributed by atoms with Gasteiger partial charge in [-0.3, -0.25) is 4.79 Å². The number of carbonyl (C=O) groups excluding carboxylic acids is 1. The molecule has 1 aliphatic heterocycles. The van der Waals surface area contributed by atoms with E-state index >= 15 is 0 Å². The van der Waals surface area contributed by atoms with E-state index in [0.29, 0.717) is 18.9 Å². The number of nitrogens with zero attached hydrogens (tertiary/aromatic N) is 1. The first-order valence-corrected chi connectivity index (χ1v) is 7.27. The highest BCUT2D eigenvalue weighted by Crippen LogP contribution is 2.30. The maximum atomic E-state index is 12.0. The first-order valence-electron chi connectivity index (χ1n) is 6.74. The molecule has 0 saturated carbocycles. The summed E-state index contributed by atoms with van der Waals surface area (Å²) in [6.07, 6.45) is 0.568. The van der Waals surface area contributed by atoms with E-state index in [1.165, 1.54) is 0 Å². The SMILES string of the molecule is CCOc1cccc(C(C)N2CC(CCl)CC2=O)c1.